The molecule has 0 amide bonds. The Morgan fingerprint density at radius 2 is 2.07 bits per heavy atom. The summed E-state index contributed by atoms with van der Waals surface area (Å²) in [6.07, 6.45) is -1.26. The number of aliphatic hydroxyl groups is 1. The third-order valence-electron chi connectivity index (χ3n) is 1.54. The van der Waals surface area contributed by atoms with Crippen LogP contribution >= 0.6 is 34.8 Å². The molecule has 0 saturated carbocycles. The van der Waals surface area contributed by atoms with E-state index in [2.05, 4.69) is 10.3 Å². The van der Waals surface area contributed by atoms with Crippen LogP contribution in [0.1, 0.15) is 5.69 Å². The van der Waals surface area contributed by atoms with Gasteiger partial charge in [-0.15, -0.1) is 0 Å². The quantitative estimate of drug-likeness (QED) is 0.627. The SMILES string of the molecule is Cc1cccc(N[C@@H](O)C(Cl)(Cl)Cl)[nH+]1. The first-order valence-electron chi connectivity index (χ1n) is 3.90. The van der Waals surface area contributed by atoms with Gasteiger partial charge >= 0.3 is 0 Å². The van der Waals surface area contributed by atoms with Crippen molar-refractivity contribution in [2.75, 3.05) is 5.32 Å². The van der Waals surface area contributed by atoms with Gasteiger partial charge in [-0.2, -0.15) is 0 Å². The second-order valence-corrected chi connectivity index (χ2v) is 5.20. The molecule has 0 spiro atoms. The fourth-order valence-corrected chi connectivity index (χ4v) is 1.06. The van der Waals surface area contributed by atoms with E-state index in [0.29, 0.717) is 5.82 Å². The zero-order valence-electron chi connectivity index (χ0n) is 7.39. The first-order chi connectivity index (χ1) is 6.39. The van der Waals surface area contributed by atoms with Crippen LogP contribution in [0.25, 0.3) is 0 Å². The lowest BCUT2D eigenvalue weighted by Crippen LogP contribution is -2.35. The van der Waals surface area contributed by atoms with Crippen LogP contribution in [0.2, 0.25) is 0 Å². The monoisotopic (exact) mass is 255 g/mol. The molecule has 0 aliphatic carbocycles. The number of alkyl halides is 3. The molecule has 3 N–H and O–H groups in total. The molecule has 6 heteroatoms. The van der Waals surface area contributed by atoms with Gasteiger partial charge in [0.15, 0.2) is 0 Å². The second-order valence-electron chi connectivity index (χ2n) is 2.84. The van der Waals surface area contributed by atoms with Gasteiger partial charge in [-0.3, -0.25) is 0 Å². The fraction of sp³-hybridized carbons (Fsp3) is 0.375. The van der Waals surface area contributed by atoms with Gasteiger partial charge in [-0.05, 0) is 13.0 Å². The van der Waals surface area contributed by atoms with Crippen LogP contribution in [0.15, 0.2) is 18.2 Å². The molecule has 0 bridgehead atoms. The zero-order chi connectivity index (χ0) is 10.8. The van der Waals surface area contributed by atoms with E-state index < -0.39 is 10.0 Å². The van der Waals surface area contributed by atoms with E-state index in [-0.39, 0.29) is 0 Å². The van der Waals surface area contributed by atoms with Crippen molar-refractivity contribution in [3.8, 4) is 0 Å². The predicted octanol–water partition coefficient (Wildman–Crippen LogP) is 1.91. The molecule has 1 aromatic rings. The third kappa shape index (κ3) is 3.50. The Kier molecular flexibility index (Phi) is 3.84. The minimum absolute atomic E-state index is 0.587. The highest BCUT2D eigenvalue weighted by Crippen LogP contribution is 2.30. The number of rotatable bonds is 2. The number of aliphatic hydroxyl groups excluding tert-OH is 1. The molecule has 0 aliphatic heterocycles. The van der Waals surface area contributed by atoms with Crippen LogP contribution in [-0.4, -0.2) is 15.1 Å². The Morgan fingerprint density at radius 1 is 1.43 bits per heavy atom. The summed E-state index contributed by atoms with van der Waals surface area (Å²) in [5.74, 6) is 0.587. The van der Waals surface area contributed by atoms with Crippen LogP contribution < -0.4 is 10.3 Å². The smallest absolute Gasteiger partial charge is 0.274 e. The molecule has 0 radical (unpaired) electrons. The topological polar surface area (TPSA) is 46.4 Å². The number of halogens is 3. The summed E-state index contributed by atoms with van der Waals surface area (Å²) in [4.78, 5) is 2.96. The Bertz CT molecular complexity index is 314. The largest absolute Gasteiger partial charge is 0.352 e. The minimum Gasteiger partial charge on any atom is -0.352 e. The standard InChI is InChI=1S/C8H9Cl3N2O/c1-5-3-2-4-6(12-5)13-7(14)8(9,10)11/h2-4,7,14H,1H3,(H,12,13)/p+1/t7-/m0/s1. The van der Waals surface area contributed by atoms with Crippen molar-refractivity contribution >= 4 is 40.6 Å². The Hall–Kier alpha value is -0.220. The maximum atomic E-state index is 9.40. The summed E-state index contributed by atoms with van der Waals surface area (Å²) in [5.41, 5.74) is 0.937. The summed E-state index contributed by atoms with van der Waals surface area (Å²) in [6.45, 7) is 1.88. The van der Waals surface area contributed by atoms with E-state index in [1.807, 2.05) is 19.1 Å². The highest BCUT2D eigenvalue weighted by Gasteiger charge is 2.34. The van der Waals surface area contributed by atoms with Gasteiger partial charge < -0.3 is 5.11 Å². The van der Waals surface area contributed by atoms with Gasteiger partial charge in [-0.25, -0.2) is 10.3 Å². The van der Waals surface area contributed by atoms with Crippen molar-refractivity contribution in [2.45, 2.75) is 16.9 Å². The van der Waals surface area contributed by atoms with Crippen LogP contribution in [0.4, 0.5) is 5.82 Å². The maximum absolute atomic E-state index is 9.40. The van der Waals surface area contributed by atoms with Crippen molar-refractivity contribution in [3.63, 3.8) is 0 Å². The molecule has 0 saturated heterocycles. The van der Waals surface area contributed by atoms with Crippen molar-refractivity contribution in [1.29, 1.82) is 0 Å². The predicted molar refractivity (Wildman–Crippen MR) is 57.7 cm³/mol. The zero-order valence-corrected chi connectivity index (χ0v) is 9.66. The molecule has 1 heterocycles. The van der Waals surface area contributed by atoms with E-state index in [0.717, 1.165) is 5.69 Å². The van der Waals surface area contributed by atoms with Crippen LogP contribution in [0.5, 0.6) is 0 Å². The molecular formula is C8H10Cl3N2O+. The summed E-state index contributed by atoms with van der Waals surface area (Å²) >= 11 is 16.4. The molecule has 3 nitrogen and oxygen atoms in total. The lowest BCUT2D eigenvalue weighted by atomic mass is 10.4. The first kappa shape index (κ1) is 11.9. The van der Waals surface area contributed by atoms with Gasteiger partial charge in [0, 0.05) is 6.07 Å². The number of H-pyrrole nitrogens is 1. The maximum Gasteiger partial charge on any atom is 0.274 e. The van der Waals surface area contributed by atoms with Gasteiger partial charge in [0.2, 0.25) is 6.23 Å². The van der Waals surface area contributed by atoms with Crippen molar-refractivity contribution in [3.05, 3.63) is 23.9 Å². The molecule has 0 aliphatic rings. The van der Waals surface area contributed by atoms with Crippen LogP contribution in [-0.2, 0) is 0 Å². The van der Waals surface area contributed by atoms with Crippen LogP contribution in [0, 0.1) is 6.92 Å². The van der Waals surface area contributed by atoms with E-state index in [1.165, 1.54) is 0 Å². The number of hydrogen-bond acceptors (Lipinski definition) is 2. The highest BCUT2D eigenvalue weighted by molar-refractivity contribution is 6.68. The lowest BCUT2D eigenvalue weighted by Gasteiger charge is -2.15. The van der Waals surface area contributed by atoms with E-state index in [9.17, 15) is 5.11 Å². The molecule has 1 aromatic heterocycles. The average Bonchev–Trinajstić information content (AvgIpc) is 2.02. The fourth-order valence-electron chi connectivity index (χ4n) is 0.898. The Balaban J connectivity index is 2.70. The molecule has 1 atom stereocenters. The summed E-state index contributed by atoms with van der Waals surface area (Å²) < 4.78 is -1.75. The van der Waals surface area contributed by atoms with Gasteiger partial charge in [-0.1, -0.05) is 40.9 Å². The molecule has 0 aromatic carbocycles. The van der Waals surface area contributed by atoms with Gasteiger partial charge in [0.25, 0.3) is 9.61 Å². The Labute approximate surface area is 97.0 Å². The molecule has 78 valence electrons. The van der Waals surface area contributed by atoms with E-state index in [4.69, 9.17) is 34.8 Å². The van der Waals surface area contributed by atoms with Gasteiger partial charge in [0.05, 0.1) is 5.69 Å². The number of aromatic amines is 1. The molecular weight excluding hydrogens is 246 g/mol. The lowest BCUT2D eigenvalue weighted by molar-refractivity contribution is -0.371. The summed E-state index contributed by atoms with van der Waals surface area (Å²) in [6, 6.07) is 5.43. The Morgan fingerprint density at radius 3 is 2.57 bits per heavy atom. The summed E-state index contributed by atoms with van der Waals surface area (Å²) in [5, 5.41) is 12.0. The number of anilines is 1. The number of pyridine rings is 1. The van der Waals surface area contributed by atoms with E-state index in [1.54, 1.807) is 6.07 Å². The average molecular weight is 257 g/mol. The molecule has 14 heavy (non-hydrogen) atoms. The second kappa shape index (κ2) is 4.53. The van der Waals surface area contributed by atoms with Crippen molar-refractivity contribution < 1.29 is 10.1 Å². The molecule has 1 rings (SSSR count). The van der Waals surface area contributed by atoms with Gasteiger partial charge in [0.1, 0.15) is 0 Å². The highest BCUT2D eigenvalue weighted by atomic mass is 35.6. The number of nitrogens with one attached hydrogen (secondary N) is 2. The molecule has 0 unspecified atom stereocenters. The number of aryl methyl sites for hydroxylation is 1. The van der Waals surface area contributed by atoms with E-state index >= 15 is 0 Å². The third-order valence-corrected chi connectivity index (χ3v) is 2.16. The van der Waals surface area contributed by atoms with Crippen molar-refractivity contribution in [2.24, 2.45) is 0 Å². The minimum atomic E-state index is -1.75. The van der Waals surface area contributed by atoms with Crippen LogP contribution in [0.3, 0.4) is 0 Å². The summed E-state index contributed by atoms with van der Waals surface area (Å²) in [7, 11) is 0. The number of hydrogen-bond donors (Lipinski definition) is 2. The molecule has 0 fully saturated rings. The normalized spacial score (nSPS) is 13.8. The number of aromatic nitrogens is 1. The van der Waals surface area contributed by atoms with Crippen molar-refractivity contribution in [1.82, 2.24) is 0 Å². The first-order valence-corrected chi connectivity index (χ1v) is 5.03.